The molecule has 0 spiro atoms. The van der Waals surface area contributed by atoms with E-state index in [0.717, 1.165) is 20.9 Å². The number of aryl methyl sites for hydroxylation is 1. The number of aromatic carboxylic acids is 1. The van der Waals surface area contributed by atoms with Crippen LogP contribution in [-0.2, 0) is 0 Å². The zero-order valence-corrected chi connectivity index (χ0v) is 14.9. The predicted octanol–water partition coefficient (Wildman–Crippen LogP) is 4.61. The number of anilines is 1. The number of thiophene rings is 2. The van der Waals surface area contributed by atoms with Gasteiger partial charge in [0.1, 0.15) is 4.88 Å². The lowest BCUT2D eigenvalue weighted by atomic mass is 10.2. The minimum atomic E-state index is -0.987. The summed E-state index contributed by atoms with van der Waals surface area (Å²) in [5, 5.41) is 22.1. The fourth-order valence-corrected chi connectivity index (χ4v) is 4.42. The van der Waals surface area contributed by atoms with Gasteiger partial charge in [0.2, 0.25) is 0 Å². The van der Waals surface area contributed by atoms with Crippen LogP contribution >= 0.6 is 22.7 Å². The van der Waals surface area contributed by atoms with E-state index in [9.17, 15) is 15.0 Å². The third kappa shape index (κ3) is 3.21. The SMILES string of the molecule is Cc1csc(C(O)N(C)c2cc(-c3ccccc3)sc2C(=O)O)c1. The van der Waals surface area contributed by atoms with Crippen molar-refractivity contribution in [3.05, 3.63) is 63.2 Å². The second-order valence-electron chi connectivity index (χ2n) is 5.51. The monoisotopic (exact) mass is 359 g/mol. The highest BCUT2D eigenvalue weighted by Crippen LogP contribution is 2.39. The molecular formula is C18H17NO3S2. The number of rotatable bonds is 5. The molecule has 0 saturated heterocycles. The molecule has 124 valence electrons. The maximum atomic E-state index is 11.6. The molecule has 0 amide bonds. The van der Waals surface area contributed by atoms with Gasteiger partial charge >= 0.3 is 5.97 Å². The molecule has 4 nitrogen and oxygen atoms in total. The van der Waals surface area contributed by atoms with Crippen molar-refractivity contribution in [2.75, 3.05) is 11.9 Å². The molecule has 0 saturated carbocycles. The van der Waals surface area contributed by atoms with Gasteiger partial charge in [0.25, 0.3) is 0 Å². The van der Waals surface area contributed by atoms with Gasteiger partial charge < -0.3 is 15.1 Å². The number of hydrogen-bond acceptors (Lipinski definition) is 5. The minimum Gasteiger partial charge on any atom is -0.477 e. The molecule has 1 unspecified atom stereocenters. The summed E-state index contributed by atoms with van der Waals surface area (Å²) in [6.07, 6.45) is -0.875. The van der Waals surface area contributed by atoms with Crippen molar-refractivity contribution >= 4 is 34.3 Å². The average molecular weight is 359 g/mol. The van der Waals surface area contributed by atoms with Crippen LogP contribution in [0.15, 0.2) is 47.8 Å². The first-order chi connectivity index (χ1) is 11.5. The zero-order valence-electron chi connectivity index (χ0n) is 13.3. The number of aliphatic hydroxyl groups excluding tert-OH is 1. The first kappa shape index (κ1) is 16.7. The molecule has 0 aliphatic heterocycles. The van der Waals surface area contributed by atoms with E-state index in [1.807, 2.05) is 54.8 Å². The number of carboxylic acid groups (broad SMARTS) is 1. The molecular weight excluding hydrogens is 342 g/mol. The molecule has 0 radical (unpaired) electrons. The molecule has 2 N–H and O–H groups in total. The smallest absolute Gasteiger partial charge is 0.348 e. The van der Waals surface area contributed by atoms with Crippen molar-refractivity contribution in [1.29, 1.82) is 0 Å². The lowest BCUT2D eigenvalue weighted by molar-refractivity contribution is 0.0702. The van der Waals surface area contributed by atoms with E-state index in [4.69, 9.17) is 0 Å². The first-order valence-electron chi connectivity index (χ1n) is 7.36. The number of carboxylic acids is 1. The summed E-state index contributed by atoms with van der Waals surface area (Å²) in [5.74, 6) is -0.987. The molecule has 6 heteroatoms. The van der Waals surface area contributed by atoms with Crippen LogP contribution in [0, 0.1) is 6.92 Å². The lowest BCUT2D eigenvalue weighted by Gasteiger charge is -2.24. The highest BCUT2D eigenvalue weighted by Gasteiger charge is 2.24. The molecule has 2 aromatic heterocycles. The zero-order chi connectivity index (χ0) is 17.3. The first-order valence-corrected chi connectivity index (χ1v) is 9.05. The molecule has 1 atom stereocenters. The number of hydrogen-bond donors (Lipinski definition) is 2. The number of carbonyl (C=O) groups is 1. The van der Waals surface area contributed by atoms with E-state index in [0.29, 0.717) is 5.69 Å². The molecule has 0 aliphatic rings. The van der Waals surface area contributed by atoms with Crippen LogP contribution in [0.3, 0.4) is 0 Å². The fourth-order valence-electron chi connectivity index (χ4n) is 2.45. The van der Waals surface area contributed by atoms with Crippen molar-refractivity contribution in [1.82, 2.24) is 0 Å². The number of benzene rings is 1. The molecule has 24 heavy (non-hydrogen) atoms. The van der Waals surface area contributed by atoms with Crippen molar-refractivity contribution in [3.63, 3.8) is 0 Å². The van der Waals surface area contributed by atoms with Crippen molar-refractivity contribution in [2.45, 2.75) is 13.2 Å². The van der Waals surface area contributed by atoms with Crippen molar-refractivity contribution in [3.8, 4) is 10.4 Å². The van der Waals surface area contributed by atoms with Gasteiger partial charge in [-0.2, -0.15) is 0 Å². The average Bonchev–Trinajstić information content (AvgIpc) is 3.21. The van der Waals surface area contributed by atoms with E-state index < -0.39 is 12.2 Å². The molecule has 3 aromatic rings. The Morgan fingerprint density at radius 2 is 1.92 bits per heavy atom. The van der Waals surface area contributed by atoms with Crippen LogP contribution in [-0.4, -0.2) is 23.2 Å². The highest BCUT2D eigenvalue weighted by molar-refractivity contribution is 7.18. The topological polar surface area (TPSA) is 60.8 Å². The Kier molecular flexibility index (Phi) is 4.71. The second-order valence-corrected chi connectivity index (χ2v) is 7.50. The Hall–Kier alpha value is -2.15. The summed E-state index contributed by atoms with van der Waals surface area (Å²) in [4.78, 5) is 15.1. The summed E-state index contributed by atoms with van der Waals surface area (Å²) in [5.41, 5.74) is 2.56. The normalized spacial score (nSPS) is 12.1. The molecule has 0 aliphatic carbocycles. The Bertz CT molecular complexity index is 854. The van der Waals surface area contributed by atoms with Gasteiger partial charge in [-0.25, -0.2) is 4.79 Å². The van der Waals surface area contributed by atoms with Gasteiger partial charge in [0.05, 0.1) is 10.6 Å². The van der Waals surface area contributed by atoms with E-state index in [1.54, 1.807) is 11.9 Å². The molecule has 0 fully saturated rings. The lowest BCUT2D eigenvalue weighted by Crippen LogP contribution is -2.24. The van der Waals surface area contributed by atoms with Crippen LogP contribution < -0.4 is 4.90 Å². The predicted molar refractivity (Wildman–Crippen MR) is 99.1 cm³/mol. The van der Waals surface area contributed by atoms with Gasteiger partial charge in [-0.1, -0.05) is 30.3 Å². The Morgan fingerprint density at radius 3 is 2.50 bits per heavy atom. The third-order valence-corrected chi connectivity index (χ3v) is 5.97. The van der Waals surface area contributed by atoms with E-state index in [-0.39, 0.29) is 4.88 Å². The van der Waals surface area contributed by atoms with Crippen molar-refractivity contribution < 1.29 is 15.0 Å². The standard InChI is InChI=1S/C18H17NO3S2/c1-11-8-15(23-10-11)17(20)19(2)13-9-14(24-16(13)18(21)22)12-6-4-3-5-7-12/h3-10,17,20H,1-2H3,(H,21,22). The van der Waals surface area contributed by atoms with E-state index in [2.05, 4.69) is 0 Å². The fraction of sp³-hybridized carbons (Fsp3) is 0.167. The highest BCUT2D eigenvalue weighted by atomic mass is 32.1. The van der Waals surface area contributed by atoms with Gasteiger partial charge in [-0.3, -0.25) is 0 Å². The molecule has 1 aromatic carbocycles. The Morgan fingerprint density at radius 1 is 1.21 bits per heavy atom. The second kappa shape index (κ2) is 6.76. The maximum Gasteiger partial charge on any atom is 0.348 e. The largest absolute Gasteiger partial charge is 0.477 e. The number of aliphatic hydroxyl groups is 1. The van der Waals surface area contributed by atoms with E-state index in [1.165, 1.54) is 22.7 Å². The van der Waals surface area contributed by atoms with Crippen LogP contribution in [0.25, 0.3) is 10.4 Å². The summed E-state index contributed by atoms with van der Waals surface area (Å²) in [7, 11) is 1.71. The Labute approximate surface area is 148 Å². The molecule has 3 rings (SSSR count). The van der Waals surface area contributed by atoms with Crippen LogP contribution in [0.4, 0.5) is 5.69 Å². The van der Waals surface area contributed by atoms with Gasteiger partial charge in [0, 0.05) is 11.9 Å². The summed E-state index contributed by atoms with van der Waals surface area (Å²) >= 11 is 2.68. The summed E-state index contributed by atoms with van der Waals surface area (Å²) in [6, 6.07) is 13.4. The van der Waals surface area contributed by atoms with Gasteiger partial charge in [-0.15, -0.1) is 22.7 Å². The van der Waals surface area contributed by atoms with Crippen LogP contribution in [0.2, 0.25) is 0 Å². The van der Waals surface area contributed by atoms with Gasteiger partial charge in [0.15, 0.2) is 6.23 Å². The van der Waals surface area contributed by atoms with E-state index >= 15 is 0 Å². The van der Waals surface area contributed by atoms with Crippen LogP contribution in [0.1, 0.15) is 26.3 Å². The number of nitrogens with zero attached hydrogens (tertiary/aromatic N) is 1. The quantitative estimate of drug-likeness (QED) is 0.653. The Balaban J connectivity index is 2.00. The third-order valence-electron chi connectivity index (χ3n) is 3.72. The molecule has 0 bridgehead atoms. The summed E-state index contributed by atoms with van der Waals surface area (Å²) < 4.78 is 0. The summed E-state index contributed by atoms with van der Waals surface area (Å²) in [6.45, 7) is 1.97. The van der Waals surface area contributed by atoms with Crippen LogP contribution in [0.5, 0.6) is 0 Å². The maximum absolute atomic E-state index is 11.6. The van der Waals surface area contributed by atoms with Gasteiger partial charge in [-0.05, 0) is 35.6 Å². The van der Waals surface area contributed by atoms with Crippen molar-refractivity contribution in [2.24, 2.45) is 0 Å². The minimum absolute atomic E-state index is 0.226. The molecule has 2 heterocycles.